The van der Waals surface area contributed by atoms with Crippen molar-refractivity contribution in [1.82, 2.24) is 0 Å². The number of hydrogen-bond donors (Lipinski definition) is 1. The van der Waals surface area contributed by atoms with E-state index in [1.807, 2.05) is 6.07 Å². The van der Waals surface area contributed by atoms with E-state index >= 15 is 0 Å². The van der Waals surface area contributed by atoms with Gasteiger partial charge in [0.05, 0.1) is 0 Å². The first-order valence-electron chi connectivity index (χ1n) is 7.37. The molecule has 0 spiro atoms. The molecule has 1 rings (SSSR count). The predicted molar refractivity (Wildman–Crippen MR) is 86.3 cm³/mol. The number of rotatable bonds is 3. The second-order valence-electron chi connectivity index (χ2n) is 7.95. The highest BCUT2D eigenvalue weighted by molar-refractivity contribution is 5.49. The summed E-state index contributed by atoms with van der Waals surface area (Å²) in [6, 6.07) is 6.28. The van der Waals surface area contributed by atoms with Crippen LogP contribution in [0.3, 0.4) is 0 Å². The Labute approximate surface area is 119 Å². The third kappa shape index (κ3) is 4.26. The Kier molecular flexibility index (Phi) is 4.71. The van der Waals surface area contributed by atoms with E-state index in [2.05, 4.69) is 60.6 Å². The SMILES string of the molecule is Cc1c(N)cccc1CCC(C(C)(C)C)C(C)(C)C. The summed E-state index contributed by atoms with van der Waals surface area (Å²) in [7, 11) is 0. The fraction of sp³-hybridized carbons (Fsp3) is 0.667. The minimum atomic E-state index is 0.340. The normalized spacial score (nSPS) is 13.1. The quantitative estimate of drug-likeness (QED) is 0.742. The summed E-state index contributed by atoms with van der Waals surface area (Å²) < 4.78 is 0. The summed E-state index contributed by atoms with van der Waals surface area (Å²) in [4.78, 5) is 0. The van der Waals surface area contributed by atoms with E-state index in [4.69, 9.17) is 5.73 Å². The minimum absolute atomic E-state index is 0.340. The maximum atomic E-state index is 6.00. The van der Waals surface area contributed by atoms with Crippen molar-refractivity contribution in [2.45, 2.75) is 61.3 Å². The first-order valence-corrected chi connectivity index (χ1v) is 7.37. The standard InChI is InChI=1S/C18H31N/c1-13-14(9-8-10-15(13)19)11-12-16(17(2,3)4)18(5,6)7/h8-10,16H,11-12,19H2,1-7H3. The van der Waals surface area contributed by atoms with Crippen molar-refractivity contribution in [2.24, 2.45) is 16.7 Å². The van der Waals surface area contributed by atoms with Gasteiger partial charge in [0.15, 0.2) is 0 Å². The van der Waals surface area contributed by atoms with Gasteiger partial charge >= 0.3 is 0 Å². The zero-order valence-electron chi connectivity index (χ0n) is 13.8. The summed E-state index contributed by atoms with van der Waals surface area (Å²) in [6.45, 7) is 16.3. The zero-order chi connectivity index (χ0) is 14.8. The van der Waals surface area contributed by atoms with Crippen molar-refractivity contribution in [2.75, 3.05) is 5.73 Å². The van der Waals surface area contributed by atoms with Gasteiger partial charge in [-0.25, -0.2) is 0 Å². The van der Waals surface area contributed by atoms with Crippen molar-refractivity contribution in [1.29, 1.82) is 0 Å². The number of nitrogen functional groups attached to an aromatic ring is 1. The topological polar surface area (TPSA) is 26.0 Å². The molecule has 19 heavy (non-hydrogen) atoms. The maximum absolute atomic E-state index is 6.00. The summed E-state index contributed by atoms with van der Waals surface area (Å²) in [5.74, 6) is 0.695. The molecule has 0 unspecified atom stereocenters. The van der Waals surface area contributed by atoms with Crippen LogP contribution in [-0.2, 0) is 6.42 Å². The number of hydrogen-bond acceptors (Lipinski definition) is 1. The first kappa shape index (κ1) is 16.1. The highest BCUT2D eigenvalue weighted by Gasteiger charge is 2.34. The number of aryl methyl sites for hydroxylation is 1. The third-order valence-electron chi connectivity index (χ3n) is 4.28. The lowest BCUT2D eigenvalue weighted by Crippen LogP contribution is -2.33. The second-order valence-corrected chi connectivity index (χ2v) is 7.95. The lowest BCUT2D eigenvalue weighted by atomic mass is 9.64. The van der Waals surface area contributed by atoms with E-state index in [0.29, 0.717) is 16.7 Å². The van der Waals surface area contributed by atoms with Crippen molar-refractivity contribution >= 4 is 5.69 Å². The van der Waals surface area contributed by atoms with Crippen LogP contribution in [0.25, 0.3) is 0 Å². The lowest BCUT2D eigenvalue weighted by Gasteiger charge is -2.41. The van der Waals surface area contributed by atoms with Gasteiger partial charge in [0, 0.05) is 5.69 Å². The van der Waals surface area contributed by atoms with Crippen LogP contribution in [0.15, 0.2) is 18.2 Å². The van der Waals surface area contributed by atoms with Crippen LogP contribution in [0.5, 0.6) is 0 Å². The molecule has 0 saturated heterocycles. The summed E-state index contributed by atoms with van der Waals surface area (Å²) >= 11 is 0. The van der Waals surface area contributed by atoms with Gasteiger partial charge in [-0.2, -0.15) is 0 Å². The highest BCUT2D eigenvalue weighted by Crippen LogP contribution is 2.42. The van der Waals surface area contributed by atoms with E-state index < -0.39 is 0 Å². The maximum Gasteiger partial charge on any atom is 0.0346 e. The van der Waals surface area contributed by atoms with Crippen molar-refractivity contribution in [3.8, 4) is 0 Å². The average Bonchev–Trinajstić information content (AvgIpc) is 2.20. The van der Waals surface area contributed by atoms with Crippen LogP contribution in [0.4, 0.5) is 5.69 Å². The summed E-state index contributed by atoms with van der Waals surface area (Å²) in [5, 5.41) is 0. The van der Waals surface area contributed by atoms with Gasteiger partial charge in [-0.1, -0.05) is 53.7 Å². The predicted octanol–water partition coefficient (Wildman–Crippen LogP) is 5.22. The van der Waals surface area contributed by atoms with Gasteiger partial charge in [0.25, 0.3) is 0 Å². The van der Waals surface area contributed by atoms with E-state index in [1.165, 1.54) is 17.5 Å². The molecule has 0 saturated carbocycles. The fourth-order valence-electron chi connectivity index (χ4n) is 3.44. The molecule has 0 bridgehead atoms. The minimum Gasteiger partial charge on any atom is -0.399 e. The molecule has 1 nitrogen and oxygen atoms in total. The average molecular weight is 261 g/mol. The van der Waals surface area contributed by atoms with Crippen molar-refractivity contribution in [3.63, 3.8) is 0 Å². The number of benzene rings is 1. The molecule has 0 aliphatic carbocycles. The second kappa shape index (κ2) is 5.56. The summed E-state index contributed by atoms with van der Waals surface area (Å²) in [5.41, 5.74) is 10.3. The molecule has 1 heteroatoms. The molecule has 108 valence electrons. The van der Waals surface area contributed by atoms with Gasteiger partial charge in [0.2, 0.25) is 0 Å². The van der Waals surface area contributed by atoms with Gasteiger partial charge < -0.3 is 5.73 Å². The molecule has 0 fully saturated rings. The smallest absolute Gasteiger partial charge is 0.0346 e. The highest BCUT2D eigenvalue weighted by atomic mass is 14.6. The van der Waals surface area contributed by atoms with Crippen LogP contribution in [0, 0.1) is 23.7 Å². The Morgan fingerprint density at radius 1 is 1.00 bits per heavy atom. The van der Waals surface area contributed by atoms with Crippen LogP contribution in [-0.4, -0.2) is 0 Å². The molecule has 1 aromatic carbocycles. The molecule has 0 aromatic heterocycles. The zero-order valence-corrected chi connectivity index (χ0v) is 13.8. The van der Waals surface area contributed by atoms with E-state index in [-0.39, 0.29) is 0 Å². The van der Waals surface area contributed by atoms with Crippen LogP contribution in [0.2, 0.25) is 0 Å². The van der Waals surface area contributed by atoms with Gasteiger partial charge in [-0.15, -0.1) is 0 Å². The molecule has 0 amide bonds. The fourth-order valence-corrected chi connectivity index (χ4v) is 3.44. The first-order chi connectivity index (χ1) is 8.53. The van der Waals surface area contributed by atoms with E-state index in [9.17, 15) is 0 Å². The molecule has 0 atom stereocenters. The molecule has 1 aromatic rings. The largest absolute Gasteiger partial charge is 0.399 e. The molecule has 0 heterocycles. The summed E-state index contributed by atoms with van der Waals surface area (Å²) in [6.07, 6.45) is 2.34. The number of nitrogens with two attached hydrogens (primary N) is 1. The molecule has 0 radical (unpaired) electrons. The Morgan fingerprint density at radius 2 is 1.53 bits per heavy atom. The Bertz CT molecular complexity index is 404. The number of anilines is 1. The van der Waals surface area contributed by atoms with E-state index in [0.717, 1.165) is 12.1 Å². The van der Waals surface area contributed by atoms with Crippen molar-refractivity contribution in [3.05, 3.63) is 29.3 Å². The van der Waals surface area contributed by atoms with Gasteiger partial charge in [-0.05, 0) is 53.7 Å². The Hall–Kier alpha value is -0.980. The molecule has 2 N–H and O–H groups in total. The van der Waals surface area contributed by atoms with E-state index in [1.54, 1.807) is 0 Å². The van der Waals surface area contributed by atoms with Crippen LogP contribution >= 0.6 is 0 Å². The monoisotopic (exact) mass is 261 g/mol. The van der Waals surface area contributed by atoms with Crippen LogP contribution in [0.1, 0.15) is 59.1 Å². The molecular formula is C18H31N. The Balaban J connectivity index is 2.86. The van der Waals surface area contributed by atoms with Gasteiger partial charge in [0.1, 0.15) is 0 Å². The van der Waals surface area contributed by atoms with Gasteiger partial charge in [-0.3, -0.25) is 0 Å². The third-order valence-corrected chi connectivity index (χ3v) is 4.28. The van der Waals surface area contributed by atoms with Crippen LogP contribution < -0.4 is 5.73 Å². The lowest BCUT2D eigenvalue weighted by molar-refractivity contribution is 0.0931. The molecule has 0 aliphatic heterocycles. The Morgan fingerprint density at radius 3 is 2.00 bits per heavy atom. The molecular weight excluding hydrogens is 230 g/mol. The molecule has 0 aliphatic rings. The van der Waals surface area contributed by atoms with Crippen molar-refractivity contribution < 1.29 is 0 Å².